The molecule has 0 rings (SSSR count). The second kappa shape index (κ2) is 48.4. The van der Waals surface area contributed by atoms with Crippen molar-refractivity contribution in [3.63, 3.8) is 0 Å². The molecule has 0 aromatic heterocycles. The van der Waals surface area contributed by atoms with Crippen LogP contribution in [0.3, 0.4) is 0 Å². The molecule has 0 bridgehead atoms. The van der Waals surface area contributed by atoms with Gasteiger partial charge in [-0.15, -0.1) is 0 Å². The van der Waals surface area contributed by atoms with Crippen LogP contribution in [0.1, 0.15) is 118 Å². The molecule has 0 saturated carbocycles. The lowest BCUT2D eigenvalue weighted by Gasteiger charge is -2.02. The first-order chi connectivity index (χ1) is 19.6. The molecule has 0 aliphatic rings. The van der Waals surface area contributed by atoms with Crippen LogP contribution >= 0.6 is 0 Å². The number of unbranched alkanes of at least 4 members (excludes halogenated alkanes) is 12. The van der Waals surface area contributed by atoms with Crippen molar-refractivity contribution in [3.05, 3.63) is 0 Å². The molecule has 0 atom stereocenters. The maximum atomic E-state index is 10.3. The van der Waals surface area contributed by atoms with Gasteiger partial charge in [-0.05, 0) is 6.42 Å². The van der Waals surface area contributed by atoms with Crippen LogP contribution in [-0.4, -0.2) is 114 Å². The van der Waals surface area contributed by atoms with Gasteiger partial charge in [0.15, 0.2) is 0 Å². The van der Waals surface area contributed by atoms with Crippen LogP contribution in [-0.2, 0) is 19.2 Å². The zero-order valence-electron chi connectivity index (χ0n) is 26.0. The van der Waals surface area contributed by atoms with Gasteiger partial charge in [0.1, 0.15) is 12.2 Å². The molecule has 0 radical (unpaired) electrons. The summed E-state index contributed by atoms with van der Waals surface area (Å²) in [6.45, 7) is 4.05. The molecule has 0 spiro atoms. The number of aliphatic hydroxyl groups is 6. The molecule has 0 heterocycles. The lowest BCUT2D eigenvalue weighted by Crippen LogP contribution is -2.15. The van der Waals surface area contributed by atoms with Crippen LogP contribution in [0.15, 0.2) is 0 Å². The van der Waals surface area contributed by atoms with Crippen molar-refractivity contribution in [2.45, 2.75) is 130 Å². The van der Waals surface area contributed by atoms with Gasteiger partial charge in [-0.1, -0.05) is 84.0 Å². The predicted octanol–water partition coefficient (Wildman–Crippen LogP) is 2.49. The van der Waals surface area contributed by atoms with E-state index in [4.69, 9.17) is 65.4 Å². The van der Waals surface area contributed by atoms with E-state index in [0.29, 0.717) is 6.42 Å². The largest absolute Gasteiger partial charge is 0.481 e. The van der Waals surface area contributed by atoms with Crippen LogP contribution in [0.5, 0.6) is 0 Å². The molecular weight excluding hydrogens is 560 g/mol. The Balaban J connectivity index is -0.000000110. The fourth-order valence-electron chi connectivity index (χ4n) is 2.41. The zero-order valence-corrected chi connectivity index (χ0v) is 26.0. The maximum absolute atomic E-state index is 10.3. The fourth-order valence-corrected chi connectivity index (χ4v) is 2.41. The third-order valence-electron chi connectivity index (χ3n) is 4.34. The monoisotopic (exact) mass is 620 g/mol. The molecule has 0 amide bonds. The van der Waals surface area contributed by atoms with Crippen LogP contribution in [0.25, 0.3) is 0 Å². The predicted molar refractivity (Wildman–Crippen MR) is 158 cm³/mol. The van der Waals surface area contributed by atoms with Crippen molar-refractivity contribution < 1.29 is 70.2 Å². The summed E-state index contributed by atoms with van der Waals surface area (Å²) < 4.78 is 0. The molecule has 0 aromatic carbocycles. The summed E-state index contributed by atoms with van der Waals surface area (Å²) in [7, 11) is 0. The van der Waals surface area contributed by atoms with E-state index in [2.05, 4.69) is 6.92 Å². The second-order valence-corrected chi connectivity index (χ2v) is 8.98. The molecule has 42 heavy (non-hydrogen) atoms. The highest BCUT2D eigenvalue weighted by Crippen LogP contribution is 2.12. The first-order valence-corrected chi connectivity index (χ1v) is 14.2. The first kappa shape index (κ1) is 52.3. The Hall–Kier alpha value is -2.36. The lowest BCUT2D eigenvalue weighted by atomic mass is 10.0. The number of carbonyl (C=O) groups is 4. The standard InChI is InChI=1S/C16H32O2.2C3H8O3.3C2H4O2/c1-2-3-4-5-6-7-8-9-10-11-12-13-14-15-16(17)18;2*4-1-3(6)2-5;3*1-2(3)4/h2-15H2,1H3,(H,17,18);2*3-6H,1-2H2;3*1H3,(H,3,4). The van der Waals surface area contributed by atoms with Crippen molar-refractivity contribution in [1.82, 2.24) is 0 Å². The topological polar surface area (TPSA) is 271 Å². The van der Waals surface area contributed by atoms with Crippen LogP contribution in [0, 0.1) is 0 Å². The molecule has 0 aliphatic heterocycles. The van der Waals surface area contributed by atoms with Crippen molar-refractivity contribution in [1.29, 1.82) is 0 Å². The number of aliphatic hydroxyl groups excluding tert-OH is 6. The van der Waals surface area contributed by atoms with Crippen molar-refractivity contribution in [2.24, 2.45) is 0 Å². The van der Waals surface area contributed by atoms with Gasteiger partial charge in [0.05, 0.1) is 26.4 Å². The van der Waals surface area contributed by atoms with Gasteiger partial charge in [0.25, 0.3) is 17.9 Å². The van der Waals surface area contributed by atoms with Gasteiger partial charge < -0.3 is 51.1 Å². The Bertz CT molecular complexity index is 500. The quantitative estimate of drug-likeness (QED) is 0.0986. The molecule has 10 N–H and O–H groups in total. The van der Waals surface area contributed by atoms with Gasteiger partial charge in [-0.3, -0.25) is 19.2 Å². The molecular formula is C28H60O14. The van der Waals surface area contributed by atoms with E-state index in [9.17, 15) is 4.79 Å². The average molecular weight is 621 g/mol. The number of carboxylic acids is 4. The molecule has 256 valence electrons. The Morgan fingerprint density at radius 2 is 0.643 bits per heavy atom. The average Bonchev–Trinajstić information content (AvgIpc) is 2.90. The molecule has 0 fully saturated rings. The SMILES string of the molecule is CC(=O)O.CC(=O)O.CC(=O)O.CCCCCCCCCCCCCCCC(=O)O.OCC(O)CO.OCC(O)CO. The van der Waals surface area contributed by atoms with Crippen molar-refractivity contribution in [3.8, 4) is 0 Å². The summed E-state index contributed by atoms with van der Waals surface area (Å²) in [5, 5.41) is 78.8. The zero-order chi connectivity index (χ0) is 34.2. The Morgan fingerprint density at radius 1 is 0.452 bits per heavy atom. The van der Waals surface area contributed by atoms with Crippen LogP contribution < -0.4 is 0 Å². The smallest absolute Gasteiger partial charge is 0.303 e. The highest BCUT2D eigenvalue weighted by molar-refractivity contribution is 5.66. The number of aliphatic carboxylic acids is 4. The van der Waals surface area contributed by atoms with E-state index < -0.39 is 36.1 Å². The second-order valence-electron chi connectivity index (χ2n) is 8.98. The van der Waals surface area contributed by atoms with Crippen molar-refractivity contribution >= 4 is 23.9 Å². The molecule has 0 saturated heterocycles. The summed E-state index contributed by atoms with van der Waals surface area (Å²) in [5.74, 6) is -3.15. The summed E-state index contributed by atoms with van der Waals surface area (Å²) in [5.41, 5.74) is 0. The maximum Gasteiger partial charge on any atom is 0.303 e. The summed E-state index contributed by atoms with van der Waals surface area (Å²) in [6, 6.07) is 0. The van der Waals surface area contributed by atoms with E-state index in [1.54, 1.807) is 0 Å². The number of rotatable bonds is 18. The van der Waals surface area contributed by atoms with Crippen LogP contribution in [0.4, 0.5) is 0 Å². The van der Waals surface area contributed by atoms with Gasteiger partial charge in [-0.25, -0.2) is 0 Å². The van der Waals surface area contributed by atoms with Gasteiger partial charge >= 0.3 is 5.97 Å². The highest BCUT2D eigenvalue weighted by atomic mass is 16.4. The van der Waals surface area contributed by atoms with E-state index in [-0.39, 0.29) is 26.4 Å². The third-order valence-corrected chi connectivity index (χ3v) is 4.34. The highest BCUT2D eigenvalue weighted by Gasteiger charge is 1.97. The number of carboxylic acid groups (broad SMARTS) is 4. The Labute approximate surface area is 250 Å². The first-order valence-electron chi connectivity index (χ1n) is 14.2. The molecule has 0 aliphatic carbocycles. The van der Waals surface area contributed by atoms with Gasteiger partial charge in [0, 0.05) is 27.2 Å². The minimum absolute atomic E-state index is 0.345. The molecule has 14 nitrogen and oxygen atoms in total. The molecule has 14 heteroatoms. The Kier molecular flexibility index (Phi) is 60.2. The summed E-state index contributed by atoms with van der Waals surface area (Å²) in [6.07, 6.45) is 15.4. The van der Waals surface area contributed by atoms with Crippen molar-refractivity contribution in [2.75, 3.05) is 26.4 Å². The number of hydrogen-bond donors (Lipinski definition) is 10. The summed E-state index contributed by atoms with van der Waals surface area (Å²) in [4.78, 5) is 37.3. The van der Waals surface area contributed by atoms with Crippen LogP contribution in [0.2, 0.25) is 0 Å². The van der Waals surface area contributed by atoms with E-state index in [0.717, 1.165) is 33.6 Å². The van der Waals surface area contributed by atoms with Gasteiger partial charge in [-0.2, -0.15) is 0 Å². The third kappa shape index (κ3) is 119. The molecule has 0 unspecified atom stereocenters. The normalized spacial score (nSPS) is 9.24. The number of hydrogen-bond acceptors (Lipinski definition) is 10. The van der Waals surface area contributed by atoms with Gasteiger partial charge in [0.2, 0.25) is 0 Å². The van der Waals surface area contributed by atoms with E-state index in [1.807, 2.05) is 0 Å². The lowest BCUT2D eigenvalue weighted by molar-refractivity contribution is -0.137. The minimum atomic E-state index is -0.954. The summed E-state index contributed by atoms with van der Waals surface area (Å²) >= 11 is 0. The fraction of sp³-hybridized carbons (Fsp3) is 0.857. The van der Waals surface area contributed by atoms with E-state index >= 15 is 0 Å². The minimum Gasteiger partial charge on any atom is -0.481 e. The molecule has 0 aromatic rings. The van der Waals surface area contributed by atoms with E-state index in [1.165, 1.54) is 70.6 Å². The Morgan fingerprint density at radius 3 is 0.786 bits per heavy atom.